The lowest BCUT2D eigenvalue weighted by molar-refractivity contribution is -0.0952. The molecule has 0 bridgehead atoms. The zero-order valence-electron chi connectivity index (χ0n) is 6.74. The first-order chi connectivity index (χ1) is 5.87. The SMILES string of the molecule is NC1(CBr)C=CC=C(C(F)(F)F)C1. The highest BCUT2D eigenvalue weighted by molar-refractivity contribution is 9.09. The fourth-order valence-electron chi connectivity index (χ4n) is 1.11. The normalized spacial score (nSPS) is 28.8. The summed E-state index contributed by atoms with van der Waals surface area (Å²) in [5.74, 6) is 0. The first kappa shape index (κ1) is 10.8. The van der Waals surface area contributed by atoms with E-state index in [1.807, 2.05) is 0 Å². The van der Waals surface area contributed by atoms with Crippen molar-refractivity contribution < 1.29 is 13.2 Å². The summed E-state index contributed by atoms with van der Waals surface area (Å²) in [6, 6.07) is 0. The maximum atomic E-state index is 12.2. The molecule has 0 aromatic rings. The molecule has 0 saturated heterocycles. The zero-order valence-corrected chi connectivity index (χ0v) is 8.32. The van der Waals surface area contributed by atoms with Gasteiger partial charge in [0.15, 0.2) is 0 Å². The summed E-state index contributed by atoms with van der Waals surface area (Å²) in [5, 5.41) is 0.323. The number of halogens is 4. The molecule has 0 saturated carbocycles. The van der Waals surface area contributed by atoms with E-state index in [0.717, 1.165) is 6.08 Å². The van der Waals surface area contributed by atoms with Crippen LogP contribution in [0.3, 0.4) is 0 Å². The molecule has 0 fully saturated rings. The van der Waals surface area contributed by atoms with Gasteiger partial charge in [0.05, 0.1) is 0 Å². The van der Waals surface area contributed by atoms with E-state index in [4.69, 9.17) is 5.73 Å². The van der Waals surface area contributed by atoms with Gasteiger partial charge in [-0.05, 0) is 6.42 Å². The zero-order chi connectivity index (χ0) is 10.1. The molecule has 1 aliphatic carbocycles. The predicted octanol–water partition coefficient (Wildman–Crippen LogP) is 2.53. The number of alkyl halides is 4. The smallest absolute Gasteiger partial charge is 0.321 e. The Balaban J connectivity index is 2.84. The van der Waals surface area contributed by atoms with Gasteiger partial charge >= 0.3 is 6.18 Å². The predicted molar refractivity (Wildman–Crippen MR) is 48.6 cm³/mol. The molecule has 1 aliphatic rings. The van der Waals surface area contributed by atoms with Gasteiger partial charge in [-0.3, -0.25) is 0 Å². The second kappa shape index (κ2) is 3.46. The molecule has 74 valence electrons. The Morgan fingerprint density at radius 3 is 2.62 bits per heavy atom. The lowest BCUT2D eigenvalue weighted by atomic mass is 9.89. The third kappa shape index (κ3) is 2.57. The van der Waals surface area contributed by atoms with Crippen LogP contribution in [0.25, 0.3) is 0 Å². The molecular weight excluding hydrogens is 247 g/mol. The molecule has 0 amide bonds. The molecule has 1 rings (SSSR count). The summed E-state index contributed by atoms with van der Waals surface area (Å²) in [6.45, 7) is 0. The summed E-state index contributed by atoms with van der Waals surface area (Å²) in [4.78, 5) is 0. The van der Waals surface area contributed by atoms with Gasteiger partial charge in [0.2, 0.25) is 0 Å². The first-order valence-corrected chi connectivity index (χ1v) is 4.80. The van der Waals surface area contributed by atoms with E-state index in [0.29, 0.717) is 5.33 Å². The average molecular weight is 256 g/mol. The van der Waals surface area contributed by atoms with Crippen LogP contribution in [0.4, 0.5) is 13.2 Å². The maximum absolute atomic E-state index is 12.2. The molecule has 1 atom stereocenters. The van der Waals surface area contributed by atoms with Gasteiger partial charge in [-0.2, -0.15) is 13.2 Å². The van der Waals surface area contributed by atoms with Gasteiger partial charge in [-0.15, -0.1) is 0 Å². The monoisotopic (exact) mass is 255 g/mol. The van der Waals surface area contributed by atoms with E-state index in [1.165, 1.54) is 6.08 Å². The Morgan fingerprint density at radius 2 is 2.15 bits per heavy atom. The lowest BCUT2D eigenvalue weighted by Gasteiger charge is -2.28. The van der Waals surface area contributed by atoms with Crippen LogP contribution in [0.1, 0.15) is 6.42 Å². The van der Waals surface area contributed by atoms with Crippen LogP contribution < -0.4 is 5.73 Å². The summed E-state index contributed by atoms with van der Waals surface area (Å²) in [7, 11) is 0. The van der Waals surface area contributed by atoms with Crippen LogP contribution in [0.2, 0.25) is 0 Å². The van der Waals surface area contributed by atoms with Crippen LogP contribution in [0.15, 0.2) is 23.8 Å². The van der Waals surface area contributed by atoms with Crippen molar-refractivity contribution in [2.45, 2.75) is 18.1 Å². The number of rotatable bonds is 1. The van der Waals surface area contributed by atoms with Gasteiger partial charge in [-0.1, -0.05) is 34.2 Å². The second-order valence-corrected chi connectivity index (χ2v) is 3.65. The van der Waals surface area contributed by atoms with Crippen LogP contribution in [-0.2, 0) is 0 Å². The number of nitrogens with two attached hydrogens (primary N) is 1. The molecule has 0 aromatic carbocycles. The lowest BCUT2D eigenvalue weighted by Crippen LogP contribution is -2.42. The summed E-state index contributed by atoms with van der Waals surface area (Å²) < 4.78 is 36.7. The second-order valence-electron chi connectivity index (χ2n) is 3.09. The molecule has 13 heavy (non-hydrogen) atoms. The van der Waals surface area contributed by atoms with Gasteiger partial charge in [0.25, 0.3) is 0 Å². The van der Waals surface area contributed by atoms with Crippen LogP contribution in [0.5, 0.6) is 0 Å². The highest BCUT2D eigenvalue weighted by Gasteiger charge is 2.38. The number of allylic oxidation sites excluding steroid dienone is 2. The molecular formula is C8H9BrF3N. The van der Waals surface area contributed by atoms with Gasteiger partial charge in [0, 0.05) is 16.4 Å². The van der Waals surface area contributed by atoms with Crippen molar-refractivity contribution in [3.63, 3.8) is 0 Å². The Bertz CT molecular complexity index is 257. The van der Waals surface area contributed by atoms with Crippen molar-refractivity contribution in [2.75, 3.05) is 5.33 Å². The Morgan fingerprint density at radius 1 is 1.54 bits per heavy atom. The van der Waals surface area contributed by atoms with Crippen molar-refractivity contribution >= 4 is 15.9 Å². The van der Waals surface area contributed by atoms with E-state index in [-0.39, 0.29) is 6.42 Å². The standard InChI is InChI=1S/C8H9BrF3N/c9-5-7(13)3-1-2-6(4-7)8(10,11)12/h1-3H,4-5,13H2. The third-order valence-electron chi connectivity index (χ3n) is 1.86. The molecule has 2 N–H and O–H groups in total. The minimum atomic E-state index is -4.27. The number of hydrogen-bond donors (Lipinski definition) is 1. The van der Waals surface area contributed by atoms with Crippen LogP contribution in [0, 0.1) is 0 Å². The highest BCUT2D eigenvalue weighted by Crippen LogP contribution is 2.34. The Hall–Kier alpha value is -0.290. The van der Waals surface area contributed by atoms with Crippen molar-refractivity contribution in [1.29, 1.82) is 0 Å². The molecule has 0 spiro atoms. The topological polar surface area (TPSA) is 26.0 Å². The first-order valence-electron chi connectivity index (χ1n) is 3.68. The average Bonchev–Trinajstić information content (AvgIpc) is 2.03. The van der Waals surface area contributed by atoms with Crippen molar-refractivity contribution in [2.24, 2.45) is 5.73 Å². The Labute approximate surface area is 82.6 Å². The largest absolute Gasteiger partial charge is 0.412 e. The fraction of sp³-hybridized carbons (Fsp3) is 0.500. The number of hydrogen-bond acceptors (Lipinski definition) is 1. The van der Waals surface area contributed by atoms with Crippen molar-refractivity contribution in [3.8, 4) is 0 Å². The summed E-state index contributed by atoms with van der Waals surface area (Å²) >= 11 is 3.09. The maximum Gasteiger partial charge on any atom is 0.412 e. The van der Waals surface area contributed by atoms with E-state index in [1.54, 1.807) is 6.08 Å². The molecule has 5 heteroatoms. The summed E-state index contributed by atoms with van der Waals surface area (Å²) in [5.41, 5.74) is 4.20. The van der Waals surface area contributed by atoms with Crippen LogP contribution in [-0.4, -0.2) is 17.0 Å². The van der Waals surface area contributed by atoms with Crippen LogP contribution >= 0.6 is 15.9 Å². The third-order valence-corrected chi connectivity index (χ3v) is 2.90. The molecule has 0 heterocycles. The van der Waals surface area contributed by atoms with E-state index in [9.17, 15) is 13.2 Å². The van der Waals surface area contributed by atoms with Gasteiger partial charge in [0.1, 0.15) is 0 Å². The molecule has 1 unspecified atom stereocenters. The molecule has 0 aromatic heterocycles. The van der Waals surface area contributed by atoms with Gasteiger partial charge < -0.3 is 5.73 Å². The van der Waals surface area contributed by atoms with E-state index < -0.39 is 17.3 Å². The van der Waals surface area contributed by atoms with Crippen molar-refractivity contribution in [1.82, 2.24) is 0 Å². The fourth-order valence-corrected chi connectivity index (χ4v) is 1.50. The van der Waals surface area contributed by atoms with Gasteiger partial charge in [-0.25, -0.2) is 0 Å². The van der Waals surface area contributed by atoms with E-state index >= 15 is 0 Å². The van der Waals surface area contributed by atoms with Crippen molar-refractivity contribution in [3.05, 3.63) is 23.8 Å². The minimum Gasteiger partial charge on any atom is -0.321 e. The quantitative estimate of drug-likeness (QED) is 0.717. The summed E-state index contributed by atoms with van der Waals surface area (Å²) in [6.07, 6.45) is -0.436. The molecule has 1 nitrogen and oxygen atoms in total. The Kier molecular flexibility index (Phi) is 2.87. The highest BCUT2D eigenvalue weighted by atomic mass is 79.9. The minimum absolute atomic E-state index is 0.168. The molecule has 0 radical (unpaired) electrons. The van der Waals surface area contributed by atoms with E-state index in [2.05, 4.69) is 15.9 Å². The molecule has 0 aliphatic heterocycles.